The smallest absolute Gasteiger partial charge is 0.245 e. The van der Waals surface area contributed by atoms with E-state index in [0.29, 0.717) is 16.4 Å². The number of carbonyl (C=O) groups is 2. The fourth-order valence-corrected chi connectivity index (χ4v) is 4.69. The Kier molecular flexibility index (Phi) is 2.71. The molecular formula is C22H19N3O4. The van der Waals surface area contributed by atoms with Crippen molar-refractivity contribution >= 4 is 22.7 Å². The monoisotopic (exact) mass is 392 g/mol. The zero-order valence-corrected chi connectivity index (χ0v) is 15.3. The Bertz CT molecular complexity index is 1290. The summed E-state index contributed by atoms with van der Waals surface area (Å²) in [5.74, 6) is 0.221. The molecule has 2 amide bonds. The molecule has 29 heavy (non-hydrogen) atoms. The molecule has 3 aliphatic rings. The van der Waals surface area contributed by atoms with Crippen molar-refractivity contribution in [3.8, 4) is 11.5 Å². The van der Waals surface area contributed by atoms with Crippen LogP contribution in [0.3, 0.4) is 0 Å². The van der Waals surface area contributed by atoms with Gasteiger partial charge in [-0.2, -0.15) is 0 Å². The summed E-state index contributed by atoms with van der Waals surface area (Å²) in [7, 11) is 0. The van der Waals surface area contributed by atoms with Crippen molar-refractivity contribution in [2.75, 3.05) is 20.3 Å². The van der Waals surface area contributed by atoms with Gasteiger partial charge in [0.1, 0.15) is 6.04 Å². The van der Waals surface area contributed by atoms with Crippen molar-refractivity contribution in [3.05, 3.63) is 59.3 Å². The first-order valence-corrected chi connectivity index (χ1v) is 9.44. The summed E-state index contributed by atoms with van der Waals surface area (Å²) in [5, 5.41) is 0.958. The number of hydrogen-bond donors (Lipinski definition) is 1. The van der Waals surface area contributed by atoms with Crippen molar-refractivity contribution in [2.24, 2.45) is 0 Å². The van der Waals surface area contributed by atoms with Gasteiger partial charge in [0.05, 0.1) is 12.6 Å². The van der Waals surface area contributed by atoms with Gasteiger partial charge in [0.25, 0.3) is 0 Å². The number of para-hydroxylation sites is 1. The average Bonchev–Trinajstić information content (AvgIpc) is 3.37. The van der Waals surface area contributed by atoms with E-state index in [1.54, 1.807) is 6.07 Å². The first-order valence-electron chi connectivity index (χ1n) is 10.9. The number of benzene rings is 2. The van der Waals surface area contributed by atoms with Gasteiger partial charge in [-0.05, 0) is 29.3 Å². The molecule has 0 aliphatic carbocycles. The maximum absolute atomic E-state index is 13.3. The van der Waals surface area contributed by atoms with Crippen LogP contribution >= 0.6 is 0 Å². The molecule has 7 heteroatoms. The van der Waals surface area contributed by atoms with Crippen molar-refractivity contribution in [3.63, 3.8) is 0 Å². The lowest BCUT2D eigenvalue weighted by molar-refractivity contribution is -0.157. The van der Waals surface area contributed by atoms with Gasteiger partial charge in [-0.3, -0.25) is 9.59 Å². The summed E-state index contributed by atoms with van der Waals surface area (Å²) >= 11 is 0. The maximum atomic E-state index is 13.3. The Morgan fingerprint density at radius 1 is 1.14 bits per heavy atom. The van der Waals surface area contributed by atoms with Gasteiger partial charge < -0.3 is 24.3 Å². The predicted octanol–water partition coefficient (Wildman–Crippen LogP) is 2.21. The Morgan fingerprint density at radius 2 is 2.00 bits per heavy atom. The molecule has 2 atom stereocenters. The Morgan fingerprint density at radius 3 is 2.90 bits per heavy atom. The first-order chi connectivity index (χ1) is 15.3. The Hall–Kier alpha value is -3.48. The zero-order chi connectivity index (χ0) is 22.2. The number of nitrogens with one attached hydrogen (secondary N) is 1. The second-order valence-corrected chi connectivity index (χ2v) is 7.52. The van der Waals surface area contributed by atoms with Crippen molar-refractivity contribution in [1.82, 2.24) is 14.8 Å². The minimum Gasteiger partial charge on any atom is -0.454 e. The molecule has 1 saturated heterocycles. The molecule has 2 aromatic carbocycles. The molecule has 7 nitrogen and oxygen atoms in total. The molecule has 4 heterocycles. The van der Waals surface area contributed by atoms with E-state index >= 15 is 0 Å². The van der Waals surface area contributed by atoms with Crippen LogP contribution in [-0.2, 0) is 16.0 Å². The third kappa shape index (κ3) is 2.24. The number of nitrogens with zero attached hydrogens (tertiary/aromatic N) is 2. The van der Waals surface area contributed by atoms with Gasteiger partial charge in [0, 0.05) is 34.1 Å². The highest BCUT2D eigenvalue weighted by Crippen LogP contribution is 2.44. The van der Waals surface area contributed by atoms with Crippen molar-refractivity contribution in [1.29, 1.82) is 0 Å². The van der Waals surface area contributed by atoms with Crippen LogP contribution in [0.4, 0.5) is 0 Å². The standard InChI is InChI=1S/C22H19N3O4/c1-24-10-19(26)25-16(22(24)27)9-14-13-4-2-3-5-15(13)23-20(14)21(25)12-6-7-17-18(8-12)29-11-28-17/h2-8,16,21,23H,9-11H2,1H3/t16-,21+/m0/s1/i1D3. The number of rotatable bonds is 1. The van der Waals surface area contributed by atoms with Gasteiger partial charge in [-0.15, -0.1) is 0 Å². The predicted molar refractivity (Wildman–Crippen MR) is 105 cm³/mol. The average molecular weight is 392 g/mol. The summed E-state index contributed by atoms with van der Waals surface area (Å²) in [6.07, 6.45) is 0.248. The third-order valence-electron chi connectivity index (χ3n) is 5.98. The number of H-pyrrole nitrogens is 1. The molecule has 1 fully saturated rings. The van der Waals surface area contributed by atoms with Crippen LogP contribution in [0, 0.1) is 0 Å². The molecule has 1 aromatic heterocycles. The molecule has 3 aromatic rings. The molecule has 0 bridgehead atoms. The fraction of sp³-hybridized carbons (Fsp3) is 0.273. The van der Waals surface area contributed by atoms with E-state index in [-0.39, 0.29) is 13.2 Å². The highest BCUT2D eigenvalue weighted by molar-refractivity contribution is 5.97. The quantitative estimate of drug-likeness (QED) is 0.689. The van der Waals surface area contributed by atoms with E-state index in [1.165, 1.54) is 4.90 Å². The van der Waals surface area contributed by atoms with Gasteiger partial charge in [0.15, 0.2) is 11.5 Å². The minimum absolute atomic E-state index is 0.123. The van der Waals surface area contributed by atoms with E-state index < -0.39 is 37.4 Å². The lowest BCUT2D eigenvalue weighted by Crippen LogP contribution is -2.62. The summed E-state index contributed by atoms with van der Waals surface area (Å²) in [6, 6.07) is 11.7. The summed E-state index contributed by atoms with van der Waals surface area (Å²) in [6.45, 7) is -3.03. The molecule has 0 saturated carbocycles. The molecule has 146 valence electrons. The highest BCUT2D eigenvalue weighted by atomic mass is 16.7. The zero-order valence-electron chi connectivity index (χ0n) is 18.3. The summed E-state index contributed by atoms with van der Waals surface area (Å²) in [4.78, 5) is 32.3. The van der Waals surface area contributed by atoms with Crippen molar-refractivity contribution < 1.29 is 23.2 Å². The van der Waals surface area contributed by atoms with Crippen LogP contribution in [0.15, 0.2) is 42.5 Å². The summed E-state index contributed by atoms with van der Waals surface area (Å²) in [5.41, 5.74) is 3.40. The molecule has 6 rings (SSSR count). The van der Waals surface area contributed by atoms with Crippen LogP contribution < -0.4 is 9.47 Å². The number of likely N-dealkylation sites (N-methyl/N-ethyl adjacent to an activating group) is 1. The Labute approximate surface area is 171 Å². The van der Waals surface area contributed by atoms with Crippen LogP contribution in [0.25, 0.3) is 10.9 Å². The number of aromatic nitrogens is 1. The fourth-order valence-electron chi connectivity index (χ4n) is 4.69. The number of amides is 2. The van der Waals surface area contributed by atoms with E-state index in [1.807, 2.05) is 36.4 Å². The van der Waals surface area contributed by atoms with Gasteiger partial charge in [-0.1, -0.05) is 24.3 Å². The number of ether oxygens (including phenoxy) is 2. The molecule has 1 N–H and O–H groups in total. The lowest BCUT2D eigenvalue weighted by atomic mass is 9.86. The normalized spacial score (nSPS) is 24.8. The van der Waals surface area contributed by atoms with Gasteiger partial charge in [0.2, 0.25) is 18.6 Å². The van der Waals surface area contributed by atoms with Crippen LogP contribution in [0.5, 0.6) is 11.5 Å². The van der Waals surface area contributed by atoms with E-state index in [4.69, 9.17) is 13.6 Å². The molecule has 0 spiro atoms. The number of aromatic amines is 1. The molecular weight excluding hydrogens is 370 g/mol. The van der Waals surface area contributed by atoms with Crippen LogP contribution in [0.1, 0.15) is 27.0 Å². The number of piperazine rings is 1. The van der Waals surface area contributed by atoms with E-state index in [9.17, 15) is 9.59 Å². The second kappa shape index (κ2) is 5.76. The summed E-state index contributed by atoms with van der Waals surface area (Å²) < 4.78 is 34.1. The topological polar surface area (TPSA) is 74.9 Å². The first kappa shape index (κ1) is 13.7. The lowest BCUT2D eigenvalue weighted by Gasteiger charge is -2.46. The molecule has 3 aliphatic heterocycles. The maximum Gasteiger partial charge on any atom is 0.245 e. The van der Waals surface area contributed by atoms with Crippen molar-refractivity contribution in [2.45, 2.75) is 18.5 Å². The SMILES string of the molecule is [2H]C([2H])([2H])N1CC(=O)N2[C@H](c3ccc4c(c3)OCO4)c3[nH]c4ccccc4c3C[C@H]2C1=O. The van der Waals surface area contributed by atoms with Crippen LogP contribution in [0.2, 0.25) is 0 Å². The Balaban J connectivity index is 1.55. The van der Waals surface area contributed by atoms with E-state index in [0.717, 1.165) is 27.7 Å². The van der Waals surface area contributed by atoms with E-state index in [2.05, 4.69) is 4.98 Å². The number of carbonyl (C=O) groups excluding carboxylic acids is 2. The number of hydrogen-bond acceptors (Lipinski definition) is 4. The molecule has 0 unspecified atom stereocenters. The largest absolute Gasteiger partial charge is 0.454 e. The van der Waals surface area contributed by atoms with Crippen LogP contribution in [-0.4, -0.2) is 53.0 Å². The van der Waals surface area contributed by atoms with Gasteiger partial charge in [-0.25, -0.2) is 0 Å². The second-order valence-electron chi connectivity index (χ2n) is 7.52. The van der Waals surface area contributed by atoms with Gasteiger partial charge >= 0.3 is 0 Å². The number of fused-ring (bicyclic) bond motifs is 5. The highest BCUT2D eigenvalue weighted by Gasteiger charge is 2.47. The molecule has 0 radical (unpaired) electrons. The minimum atomic E-state index is -2.67. The third-order valence-corrected chi connectivity index (χ3v) is 5.98.